The summed E-state index contributed by atoms with van der Waals surface area (Å²) in [7, 11) is 0. The number of nitrogens with zero attached hydrogens (tertiary/aromatic N) is 3. The van der Waals surface area contributed by atoms with E-state index in [-0.39, 0.29) is 11.0 Å². The van der Waals surface area contributed by atoms with Gasteiger partial charge in [-0.1, -0.05) is 17.7 Å². The third-order valence-electron chi connectivity index (χ3n) is 2.01. The topological polar surface area (TPSA) is 47.8 Å². The van der Waals surface area contributed by atoms with E-state index in [2.05, 4.69) is 10.1 Å². The second kappa shape index (κ2) is 4.41. The van der Waals surface area contributed by atoms with Crippen molar-refractivity contribution >= 4 is 11.6 Å². The number of pyridine rings is 1. The summed E-state index contributed by atoms with van der Waals surface area (Å²) >= 11 is 5.58. The minimum atomic E-state index is -4.59. The zero-order valence-electron chi connectivity index (χ0n) is 8.65. The lowest BCUT2D eigenvalue weighted by Gasteiger charge is -2.08. The van der Waals surface area contributed by atoms with Crippen LogP contribution in [0, 0.1) is 0 Å². The van der Waals surface area contributed by atoms with Crippen LogP contribution in [0.5, 0.6) is 0 Å². The molecule has 0 saturated carbocycles. The maximum atomic E-state index is 12.5. The van der Waals surface area contributed by atoms with Gasteiger partial charge in [0.25, 0.3) is 5.56 Å². The monoisotopic (exact) mass is 275 g/mol. The molecule has 2 aromatic heterocycles. The maximum Gasteiger partial charge on any atom is 0.433 e. The van der Waals surface area contributed by atoms with Gasteiger partial charge < -0.3 is 0 Å². The van der Waals surface area contributed by atoms with Crippen molar-refractivity contribution in [3.63, 3.8) is 0 Å². The molecule has 0 radical (unpaired) electrons. The fourth-order valence-corrected chi connectivity index (χ4v) is 1.39. The highest BCUT2D eigenvalue weighted by Gasteiger charge is 2.32. The first-order valence-corrected chi connectivity index (χ1v) is 5.06. The third kappa shape index (κ3) is 2.51. The zero-order chi connectivity index (χ0) is 13.3. The van der Waals surface area contributed by atoms with E-state index in [1.54, 1.807) is 0 Å². The average Bonchev–Trinajstić information content (AvgIpc) is 2.31. The molecule has 0 fully saturated rings. The summed E-state index contributed by atoms with van der Waals surface area (Å²) in [5.74, 6) is -0.239. The first-order valence-electron chi connectivity index (χ1n) is 4.68. The Morgan fingerprint density at radius 1 is 1.17 bits per heavy atom. The van der Waals surface area contributed by atoms with Crippen LogP contribution in [0.1, 0.15) is 5.69 Å². The summed E-state index contributed by atoms with van der Waals surface area (Å²) in [6.45, 7) is 0. The molecule has 2 aromatic rings. The standard InChI is InChI=1S/C10H5ClF3N3O/c11-7-4-5-9(18)17(16-7)8-3-1-2-6(15-8)10(12,13)14/h1-5H. The van der Waals surface area contributed by atoms with Gasteiger partial charge in [-0.25, -0.2) is 4.98 Å². The number of halogens is 4. The lowest BCUT2D eigenvalue weighted by Crippen LogP contribution is -2.22. The third-order valence-corrected chi connectivity index (χ3v) is 2.21. The Morgan fingerprint density at radius 2 is 1.89 bits per heavy atom. The minimum absolute atomic E-state index is 0.0196. The molecule has 0 bridgehead atoms. The van der Waals surface area contributed by atoms with Crippen molar-refractivity contribution in [1.82, 2.24) is 14.8 Å². The highest BCUT2D eigenvalue weighted by Crippen LogP contribution is 2.27. The van der Waals surface area contributed by atoms with E-state index >= 15 is 0 Å². The number of hydrogen-bond acceptors (Lipinski definition) is 3. The van der Waals surface area contributed by atoms with Crippen molar-refractivity contribution in [2.75, 3.05) is 0 Å². The lowest BCUT2D eigenvalue weighted by molar-refractivity contribution is -0.141. The molecule has 2 rings (SSSR count). The van der Waals surface area contributed by atoms with Crippen LogP contribution in [0.4, 0.5) is 13.2 Å². The molecule has 0 unspecified atom stereocenters. The average molecular weight is 276 g/mol. The first-order chi connectivity index (χ1) is 8.38. The van der Waals surface area contributed by atoms with E-state index in [0.29, 0.717) is 4.68 Å². The molecule has 2 heterocycles. The molecule has 8 heteroatoms. The molecular weight excluding hydrogens is 271 g/mol. The Kier molecular flexibility index (Phi) is 3.08. The van der Waals surface area contributed by atoms with Gasteiger partial charge in [-0.15, -0.1) is 0 Å². The van der Waals surface area contributed by atoms with Crippen molar-refractivity contribution < 1.29 is 13.2 Å². The molecular formula is C10H5ClF3N3O. The van der Waals surface area contributed by atoms with Gasteiger partial charge >= 0.3 is 6.18 Å². The molecule has 0 aromatic carbocycles. The van der Waals surface area contributed by atoms with E-state index in [1.165, 1.54) is 12.1 Å². The largest absolute Gasteiger partial charge is 0.433 e. The minimum Gasteiger partial charge on any atom is -0.267 e. The maximum absolute atomic E-state index is 12.5. The van der Waals surface area contributed by atoms with Crippen LogP contribution in [0.3, 0.4) is 0 Å². The van der Waals surface area contributed by atoms with Crippen molar-refractivity contribution in [2.24, 2.45) is 0 Å². The Hall–Kier alpha value is -1.89. The Balaban J connectivity index is 2.58. The van der Waals surface area contributed by atoms with Crippen LogP contribution < -0.4 is 5.56 Å². The van der Waals surface area contributed by atoms with Gasteiger partial charge in [0.05, 0.1) is 0 Å². The van der Waals surface area contributed by atoms with Gasteiger partial charge in [-0.05, 0) is 18.2 Å². The summed E-state index contributed by atoms with van der Waals surface area (Å²) in [5.41, 5.74) is -1.72. The van der Waals surface area contributed by atoms with Gasteiger partial charge in [-0.3, -0.25) is 4.79 Å². The zero-order valence-corrected chi connectivity index (χ0v) is 9.40. The quantitative estimate of drug-likeness (QED) is 0.802. The van der Waals surface area contributed by atoms with Gasteiger partial charge in [0.1, 0.15) is 10.8 Å². The van der Waals surface area contributed by atoms with Crippen LogP contribution in [-0.2, 0) is 6.18 Å². The van der Waals surface area contributed by atoms with Gasteiger partial charge in [0, 0.05) is 6.07 Å². The van der Waals surface area contributed by atoms with Crippen molar-refractivity contribution in [3.05, 3.63) is 51.5 Å². The molecule has 0 N–H and O–H groups in total. The lowest BCUT2D eigenvalue weighted by atomic mass is 10.3. The molecule has 0 atom stereocenters. The highest BCUT2D eigenvalue weighted by molar-refractivity contribution is 6.29. The van der Waals surface area contributed by atoms with Gasteiger partial charge in [-0.2, -0.15) is 23.0 Å². The van der Waals surface area contributed by atoms with Crippen LogP contribution in [0.15, 0.2) is 35.1 Å². The summed E-state index contributed by atoms with van der Waals surface area (Å²) < 4.78 is 38.1. The smallest absolute Gasteiger partial charge is 0.267 e. The van der Waals surface area contributed by atoms with E-state index in [9.17, 15) is 18.0 Å². The second-order valence-corrected chi connectivity index (χ2v) is 3.67. The highest BCUT2D eigenvalue weighted by atomic mass is 35.5. The number of hydrogen-bond donors (Lipinski definition) is 0. The predicted molar refractivity (Wildman–Crippen MR) is 57.6 cm³/mol. The number of aromatic nitrogens is 3. The predicted octanol–water partition coefficient (Wildman–Crippen LogP) is 2.30. The molecule has 0 spiro atoms. The van der Waals surface area contributed by atoms with Crippen LogP contribution in [-0.4, -0.2) is 14.8 Å². The van der Waals surface area contributed by atoms with Crippen molar-refractivity contribution in [1.29, 1.82) is 0 Å². The summed E-state index contributed by atoms with van der Waals surface area (Å²) in [5, 5.41) is 3.59. The van der Waals surface area contributed by atoms with Crippen molar-refractivity contribution in [3.8, 4) is 5.82 Å². The first kappa shape index (κ1) is 12.6. The molecule has 18 heavy (non-hydrogen) atoms. The molecule has 0 saturated heterocycles. The van der Waals surface area contributed by atoms with E-state index in [1.807, 2.05) is 0 Å². The van der Waals surface area contributed by atoms with Crippen LogP contribution in [0.2, 0.25) is 5.15 Å². The number of rotatable bonds is 1. The Morgan fingerprint density at radius 3 is 2.56 bits per heavy atom. The number of alkyl halides is 3. The van der Waals surface area contributed by atoms with Crippen LogP contribution in [0.25, 0.3) is 5.82 Å². The summed E-state index contributed by atoms with van der Waals surface area (Å²) in [6.07, 6.45) is -4.59. The molecule has 0 aliphatic rings. The van der Waals surface area contributed by atoms with Gasteiger partial charge in [0.2, 0.25) is 0 Å². The van der Waals surface area contributed by atoms with E-state index in [0.717, 1.165) is 18.2 Å². The van der Waals surface area contributed by atoms with Crippen molar-refractivity contribution in [2.45, 2.75) is 6.18 Å². The molecule has 0 aliphatic carbocycles. The van der Waals surface area contributed by atoms with Crippen LogP contribution >= 0.6 is 11.6 Å². The molecule has 0 aliphatic heterocycles. The molecule has 4 nitrogen and oxygen atoms in total. The Bertz CT molecular complexity index is 639. The molecule has 0 amide bonds. The van der Waals surface area contributed by atoms with E-state index < -0.39 is 17.4 Å². The fraction of sp³-hybridized carbons (Fsp3) is 0.100. The summed E-state index contributed by atoms with van der Waals surface area (Å²) in [6, 6.07) is 5.52. The second-order valence-electron chi connectivity index (χ2n) is 3.28. The van der Waals surface area contributed by atoms with E-state index in [4.69, 9.17) is 11.6 Å². The Labute approximate surface area is 104 Å². The van der Waals surface area contributed by atoms with Gasteiger partial charge in [0.15, 0.2) is 5.82 Å². The normalized spacial score (nSPS) is 11.6. The summed E-state index contributed by atoms with van der Waals surface area (Å²) in [4.78, 5) is 14.8. The molecule has 94 valence electrons. The SMILES string of the molecule is O=c1ccc(Cl)nn1-c1cccc(C(F)(F)F)n1. The fourth-order valence-electron chi connectivity index (χ4n) is 1.25.